The van der Waals surface area contributed by atoms with Gasteiger partial charge in [-0.3, -0.25) is 14.2 Å². The molecule has 0 unspecified atom stereocenters. The maximum atomic E-state index is 14.8. The third-order valence-electron chi connectivity index (χ3n) is 8.47. The van der Waals surface area contributed by atoms with Gasteiger partial charge in [0.15, 0.2) is 0 Å². The zero-order valence-electron chi connectivity index (χ0n) is 27.9. The van der Waals surface area contributed by atoms with Crippen molar-refractivity contribution in [2.45, 2.75) is 104 Å². The molecule has 12 nitrogen and oxygen atoms in total. The fourth-order valence-electron chi connectivity index (χ4n) is 5.77. The average molecular weight is 671 g/mol. The number of aromatic nitrogens is 5. The Kier molecular flexibility index (Phi) is 10.3. The van der Waals surface area contributed by atoms with E-state index < -0.39 is 34.6 Å². The van der Waals surface area contributed by atoms with Crippen LogP contribution in [0.1, 0.15) is 77.5 Å². The summed E-state index contributed by atoms with van der Waals surface area (Å²) in [6.45, 7) is 11.1. The van der Waals surface area contributed by atoms with Gasteiger partial charge >= 0.3 is 5.69 Å². The first-order valence-corrected chi connectivity index (χ1v) is 16.8. The number of benzene rings is 1. The number of carbonyl (C=O) groups excluding carboxylic acids is 1. The van der Waals surface area contributed by atoms with Crippen LogP contribution in [-0.4, -0.2) is 62.0 Å². The van der Waals surface area contributed by atoms with Crippen molar-refractivity contribution in [3.05, 3.63) is 68.4 Å². The smallest absolute Gasteiger partial charge is 0.333 e. The highest BCUT2D eigenvalue weighted by Crippen LogP contribution is 2.38. The van der Waals surface area contributed by atoms with Crippen LogP contribution in [0.2, 0.25) is 0 Å². The lowest BCUT2D eigenvalue weighted by molar-refractivity contribution is -0.131. The van der Waals surface area contributed by atoms with Crippen molar-refractivity contribution in [2.75, 3.05) is 13.7 Å². The van der Waals surface area contributed by atoms with E-state index in [0.717, 1.165) is 17.4 Å². The zero-order valence-corrected chi connectivity index (χ0v) is 28.7. The molecular formula is C33H43FN6O6S. The van der Waals surface area contributed by atoms with Gasteiger partial charge in [-0.15, -0.1) is 4.80 Å². The van der Waals surface area contributed by atoms with E-state index in [-0.39, 0.29) is 30.2 Å². The van der Waals surface area contributed by atoms with Crippen molar-refractivity contribution >= 4 is 27.5 Å². The molecule has 14 heteroatoms. The number of nitrogens with one attached hydrogen (secondary N) is 1. The van der Waals surface area contributed by atoms with E-state index in [9.17, 15) is 18.8 Å². The topological polar surface area (TPSA) is 132 Å². The molecule has 5 rings (SSSR count). The number of thiophene rings is 1. The van der Waals surface area contributed by atoms with Crippen LogP contribution in [0.4, 0.5) is 4.39 Å². The number of ether oxygens (including phenoxy) is 3. The molecular weight excluding hydrogens is 627 g/mol. The summed E-state index contributed by atoms with van der Waals surface area (Å²) in [5, 5.41) is 12.1. The minimum atomic E-state index is -1.56. The number of unbranched alkanes of at least 4 members (excludes halogenated alkanes) is 1. The van der Waals surface area contributed by atoms with Gasteiger partial charge in [0, 0.05) is 23.8 Å². The number of carbonyl (C=O) groups is 1. The van der Waals surface area contributed by atoms with Crippen molar-refractivity contribution in [3.8, 4) is 10.8 Å². The number of aryl methyl sites for hydroxylation is 1. The molecule has 1 aliphatic carbocycles. The molecule has 0 radical (unpaired) electrons. The molecule has 0 bridgehead atoms. The highest BCUT2D eigenvalue weighted by molar-refractivity contribution is 7.21. The third-order valence-corrected chi connectivity index (χ3v) is 9.75. The van der Waals surface area contributed by atoms with Gasteiger partial charge in [0.25, 0.3) is 5.56 Å². The summed E-state index contributed by atoms with van der Waals surface area (Å²) in [7, 11) is 1.49. The average Bonchev–Trinajstić information content (AvgIpc) is 3.64. The summed E-state index contributed by atoms with van der Waals surface area (Å²) in [6, 6.07) is 3.94. The SMILES string of the molecule is CCCCOC1CC(O[C@@H](Cn2c(=O)n(C(C)(C)C(=O)NC(C)C)c(=O)c3c(C)c(-n4nccn4)sc32)c2cc(F)ccc2OC)C1. The van der Waals surface area contributed by atoms with Gasteiger partial charge in [0.05, 0.1) is 43.6 Å². The van der Waals surface area contributed by atoms with Gasteiger partial charge in [0.1, 0.15) is 33.0 Å². The number of hydrogen-bond donors (Lipinski definition) is 1. The summed E-state index contributed by atoms with van der Waals surface area (Å²) in [4.78, 5) is 44.0. The second-order valence-corrected chi connectivity index (χ2v) is 13.7. The molecule has 3 aromatic heterocycles. The monoisotopic (exact) mass is 670 g/mol. The minimum absolute atomic E-state index is 0.0577. The Labute approximate surface area is 276 Å². The van der Waals surface area contributed by atoms with Crippen LogP contribution < -0.4 is 21.3 Å². The molecule has 1 aliphatic rings. The molecule has 1 saturated carbocycles. The third kappa shape index (κ3) is 6.90. The maximum Gasteiger partial charge on any atom is 0.333 e. The summed E-state index contributed by atoms with van der Waals surface area (Å²) in [5.74, 6) is -0.580. The largest absolute Gasteiger partial charge is 0.496 e. The molecule has 1 amide bonds. The number of hydrogen-bond acceptors (Lipinski definition) is 9. The molecule has 1 atom stereocenters. The van der Waals surface area contributed by atoms with E-state index in [0.29, 0.717) is 46.2 Å². The van der Waals surface area contributed by atoms with Gasteiger partial charge < -0.3 is 19.5 Å². The lowest BCUT2D eigenvalue weighted by Gasteiger charge is -2.38. The second-order valence-electron chi connectivity index (χ2n) is 12.7. The molecule has 1 N–H and O–H groups in total. The molecule has 3 heterocycles. The molecule has 0 saturated heterocycles. The lowest BCUT2D eigenvalue weighted by Crippen LogP contribution is -2.56. The van der Waals surface area contributed by atoms with E-state index >= 15 is 0 Å². The Morgan fingerprint density at radius 1 is 1.17 bits per heavy atom. The highest BCUT2D eigenvalue weighted by Gasteiger charge is 2.38. The fraction of sp³-hybridized carbons (Fsp3) is 0.545. The molecule has 254 valence electrons. The standard InChI is InChI=1S/C33H43FN6O6S/c1-8-9-14-45-22-16-23(17-22)46-26(24-15-21(34)10-11-25(24)44-7)18-38-30-27(20(4)29(47-30)40-35-12-13-36-40)28(41)39(32(38)43)33(5,6)31(42)37-19(2)3/h10-13,15,19,22-23,26H,8-9,14,16-18H2,1-7H3,(H,37,42)/t22?,23?,26-/m0/s1. The molecule has 0 aliphatic heterocycles. The van der Waals surface area contributed by atoms with Crippen LogP contribution >= 0.6 is 11.3 Å². The zero-order chi connectivity index (χ0) is 34.0. The molecule has 1 fully saturated rings. The number of methoxy groups -OCH3 is 1. The summed E-state index contributed by atoms with van der Waals surface area (Å²) in [5.41, 5.74) is -1.90. The van der Waals surface area contributed by atoms with E-state index in [2.05, 4.69) is 22.4 Å². The maximum absolute atomic E-state index is 14.8. The minimum Gasteiger partial charge on any atom is -0.496 e. The summed E-state index contributed by atoms with van der Waals surface area (Å²) >= 11 is 1.18. The van der Waals surface area contributed by atoms with Crippen LogP contribution in [0.15, 0.2) is 40.2 Å². The van der Waals surface area contributed by atoms with Crippen LogP contribution in [0.5, 0.6) is 5.75 Å². The van der Waals surface area contributed by atoms with Crippen molar-refractivity contribution in [1.82, 2.24) is 29.4 Å². The number of halogens is 1. The van der Waals surface area contributed by atoms with E-state index in [4.69, 9.17) is 14.2 Å². The Bertz CT molecular complexity index is 1840. The van der Waals surface area contributed by atoms with Gasteiger partial charge in [-0.1, -0.05) is 24.7 Å². The number of rotatable bonds is 14. The number of fused-ring (bicyclic) bond motifs is 1. The fourth-order valence-corrected chi connectivity index (χ4v) is 6.99. The number of nitrogens with zero attached hydrogens (tertiary/aromatic N) is 5. The van der Waals surface area contributed by atoms with Gasteiger partial charge in [-0.25, -0.2) is 13.8 Å². The van der Waals surface area contributed by atoms with Crippen molar-refractivity contribution < 1.29 is 23.4 Å². The van der Waals surface area contributed by atoms with E-state index in [1.165, 1.54) is 72.3 Å². The Hall–Kier alpha value is -3.88. The highest BCUT2D eigenvalue weighted by atomic mass is 32.1. The van der Waals surface area contributed by atoms with Crippen LogP contribution in [0, 0.1) is 12.7 Å². The molecule has 1 aromatic carbocycles. The van der Waals surface area contributed by atoms with Gasteiger partial charge in [0.2, 0.25) is 5.91 Å². The first-order valence-electron chi connectivity index (χ1n) is 15.9. The first-order chi connectivity index (χ1) is 22.4. The van der Waals surface area contributed by atoms with E-state index in [1.54, 1.807) is 20.8 Å². The first kappa shape index (κ1) is 34.5. The van der Waals surface area contributed by atoms with Crippen LogP contribution in [0.25, 0.3) is 15.2 Å². The second kappa shape index (κ2) is 14.1. The summed E-state index contributed by atoms with van der Waals surface area (Å²) in [6.07, 6.45) is 5.35. The van der Waals surface area contributed by atoms with Crippen LogP contribution in [-0.2, 0) is 26.4 Å². The van der Waals surface area contributed by atoms with Crippen molar-refractivity contribution in [1.29, 1.82) is 0 Å². The number of amides is 1. The predicted molar refractivity (Wildman–Crippen MR) is 177 cm³/mol. The molecule has 47 heavy (non-hydrogen) atoms. The van der Waals surface area contributed by atoms with Crippen molar-refractivity contribution in [3.63, 3.8) is 0 Å². The van der Waals surface area contributed by atoms with E-state index in [1.807, 2.05) is 0 Å². The Morgan fingerprint density at radius 3 is 2.51 bits per heavy atom. The predicted octanol–water partition coefficient (Wildman–Crippen LogP) is 4.63. The van der Waals surface area contributed by atoms with Crippen LogP contribution in [0.3, 0.4) is 0 Å². The van der Waals surface area contributed by atoms with Crippen molar-refractivity contribution in [2.24, 2.45) is 0 Å². The summed E-state index contributed by atoms with van der Waals surface area (Å²) < 4.78 is 35.4. The normalized spacial score (nSPS) is 17.2. The quantitative estimate of drug-likeness (QED) is 0.192. The Balaban J connectivity index is 1.67. The van der Waals surface area contributed by atoms with Gasteiger partial charge in [-0.05, 0) is 72.1 Å². The lowest BCUT2D eigenvalue weighted by atomic mass is 9.91. The molecule has 4 aromatic rings. The molecule has 0 spiro atoms. The van der Waals surface area contributed by atoms with Gasteiger partial charge in [-0.2, -0.15) is 10.2 Å². The Morgan fingerprint density at radius 2 is 1.87 bits per heavy atom.